The van der Waals surface area contributed by atoms with Crippen LogP contribution in [0.15, 0.2) is 12.4 Å². The number of hydrogen-bond acceptors (Lipinski definition) is 7. The van der Waals surface area contributed by atoms with Gasteiger partial charge in [0, 0.05) is 43.4 Å². The van der Waals surface area contributed by atoms with Crippen LogP contribution in [-0.2, 0) is 9.31 Å². The molecule has 2 fully saturated rings. The fourth-order valence-corrected chi connectivity index (χ4v) is 3.13. The summed E-state index contributed by atoms with van der Waals surface area (Å²) in [5, 5.41) is 0. The van der Waals surface area contributed by atoms with Crippen molar-refractivity contribution in [3.05, 3.63) is 12.4 Å². The second kappa shape index (κ2) is 7.19. The molecule has 1 unspecified atom stereocenters. The van der Waals surface area contributed by atoms with E-state index >= 15 is 0 Å². The van der Waals surface area contributed by atoms with Crippen molar-refractivity contribution in [2.24, 2.45) is 11.7 Å². The topological polar surface area (TPSA) is 82.7 Å². The highest BCUT2D eigenvalue weighted by Crippen LogP contribution is 2.36. The lowest BCUT2D eigenvalue weighted by molar-refractivity contribution is 0.00578. The van der Waals surface area contributed by atoms with Gasteiger partial charge in [-0.2, -0.15) is 0 Å². The van der Waals surface area contributed by atoms with E-state index in [2.05, 4.69) is 14.9 Å². The van der Waals surface area contributed by atoms with E-state index in [-0.39, 0.29) is 11.2 Å². The minimum atomic E-state index is -0.446. The van der Waals surface area contributed by atoms with Crippen molar-refractivity contribution in [2.75, 3.05) is 32.8 Å². The zero-order valence-corrected chi connectivity index (χ0v) is 15.7. The Morgan fingerprint density at radius 1 is 1.24 bits per heavy atom. The first kappa shape index (κ1) is 18.6. The van der Waals surface area contributed by atoms with Gasteiger partial charge in [-0.15, -0.1) is 0 Å². The normalized spacial score (nSPS) is 25.5. The van der Waals surface area contributed by atoms with E-state index in [0.717, 1.165) is 31.5 Å². The molecule has 8 heteroatoms. The molecule has 2 aliphatic rings. The summed E-state index contributed by atoms with van der Waals surface area (Å²) >= 11 is 0. The van der Waals surface area contributed by atoms with E-state index < -0.39 is 7.12 Å². The first-order valence-corrected chi connectivity index (χ1v) is 9.03. The smallest absolute Gasteiger partial charge is 0.463 e. The predicted molar refractivity (Wildman–Crippen MR) is 96.8 cm³/mol. The Bertz CT molecular complexity index is 566. The molecule has 0 aliphatic carbocycles. The summed E-state index contributed by atoms with van der Waals surface area (Å²) in [5.41, 5.74) is 5.67. The lowest BCUT2D eigenvalue weighted by Gasteiger charge is -2.32. The maximum absolute atomic E-state index is 6.01. The van der Waals surface area contributed by atoms with Gasteiger partial charge in [-0.3, -0.25) is 0 Å². The van der Waals surface area contributed by atoms with Gasteiger partial charge in [0.15, 0.2) is 0 Å². The van der Waals surface area contributed by atoms with E-state index in [1.54, 1.807) is 12.4 Å². The number of likely N-dealkylation sites (tertiary alicyclic amines) is 1. The zero-order valence-electron chi connectivity index (χ0n) is 15.7. The van der Waals surface area contributed by atoms with Crippen molar-refractivity contribution in [3.8, 4) is 6.01 Å². The van der Waals surface area contributed by atoms with E-state index in [1.165, 1.54) is 0 Å². The highest BCUT2D eigenvalue weighted by molar-refractivity contribution is 6.61. The lowest BCUT2D eigenvalue weighted by Crippen LogP contribution is -2.41. The third kappa shape index (κ3) is 4.14. The van der Waals surface area contributed by atoms with Crippen LogP contribution in [0, 0.1) is 5.92 Å². The largest absolute Gasteiger partial charge is 0.498 e. The molecule has 2 N–H and O–H groups in total. The van der Waals surface area contributed by atoms with Crippen LogP contribution in [0.5, 0.6) is 6.01 Å². The average molecular weight is 348 g/mol. The summed E-state index contributed by atoms with van der Waals surface area (Å²) in [6.07, 6.45) is 4.58. The van der Waals surface area contributed by atoms with Gasteiger partial charge in [0.1, 0.15) is 0 Å². The minimum absolute atomic E-state index is 0.370. The molecule has 7 nitrogen and oxygen atoms in total. The van der Waals surface area contributed by atoms with E-state index in [9.17, 15) is 0 Å². The molecule has 2 aliphatic heterocycles. The molecule has 3 rings (SSSR count). The maximum atomic E-state index is 6.01. The number of aromatic nitrogens is 2. The molecule has 138 valence electrons. The van der Waals surface area contributed by atoms with Crippen molar-refractivity contribution in [1.82, 2.24) is 14.9 Å². The van der Waals surface area contributed by atoms with Crippen LogP contribution < -0.4 is 15.9 Å². The fourth-order valence-electron chi connectivity index (χ4n) is 3.13. The summed E-state index contributed by atoms with van der Waals surface area (Å²) in [7, 11) is -0.446. The Balaban J connectivity index is 1.52. The summed E-state index contributed by atoms with van der Waals surface area (Å²) in [6.45, 7) is 12.5. The molecule has 0 radical (unpaired) electrons. The van der Waals surface area contributed by atoms with E-state index in [0.29, 0.717) is 25.1 Å². The van der Waals surface area contributed by atoms with Crippen molar-refractivity contribution in [1.29, 1.82) is 0 Å². The van der Waals surface area contributed by atoms with Crippen molar-refractivity contribution in [3.63, 3.8) is 0 Å². The van der Waals surface area contributed by atoms with Gasteiger partial charge in [0.2, 0.25) is 0 Å². The monoisotopic (exact) mass is 348 g/mol. The molecule has 1 atom stereocenters. The zero-order chi connectivity index (χ0) is 18.1. The molecule has 0 bridgehead atoms. The van der Waals surface area contributed by atoms with E-state index in [1.807, 2.05) is 27.7 Å². The van der Waals surface area contributed by atoms with Gasteiger partial charge in [-0.1, -0.05) is 0 Å². The molecular formula is C17H29BN4O3. The third-order valence-corrected chi connectivity index (χ3v) is 5.44. The summed E-state index contributed by atoms with van der Waals surface area (Å²) in [5.74, 6) is 0.512. The molecule has 1 aromatic heterocycles. The molecule has 0 amide bonds. The summed E-state index contributed by atoms with van der Waals surface area (Å²) in [6, 6.07) is 0.401. The quantitative estimate of drug-likeness (QED) is 0.747. The average Bonchev–Trinajstić information content (AvgIpc) is 3.08. The Labute approximate surface area is 150 Å². The summed E-state index contributed by atoms with van der Waals surface area (Å²) < 4.78 is 17.8. The molecule has 0 aromatic carbocycles. The van der Waals surface area contributed by atoms with Crippen LogP contribution in [0.2, 0.25) is 0 Å². The number of ether oxygens (including phenoxy) is 1. The highest BCUT2D eigenvalue weighted by atomic mass is 16.7. The minimum Gasteiger partial charge on any atom is -0.463 e. The van der Waals surface area contributed by atoms with E-state index in [4.69, 9.17) is 19.8 Å². The van der Waals surface area contributed by atoms with Crippen LogP contribution >= 0.6 is 0 Å². The van der Waals surface area contributed by atoms with Gasteiger partial charge >= 0.3 is 13.1 Å². The Morgan fingerprint density at radius 2 is 1.88 bits per heavy atom. The number of nitrogens with two attached hydrogens (primary N) is 1. The maximum Gasteiger partial charge on any atom is 0.498 e. The molecule has 0 spiro atoms. The first-order chi connectivity index (χ1) is 11.8. The first-order valence-electron chi connectivity index (χ1n) is 9.03. The summed E-state index contributed by atoms with van der Waals surface area (Å²) in [4.78, 5) is 11.0. The Hall–Kier alpha value is -1.22. The number of rotatable bonds is 6. The molecule has 25 heavy (non-hydrogen) atoms. The van der Waals surface area contributed by atoms with Crippen molar-refractivity contribution < 1.29 is 14.0 Å². The van der Waals surface area contributed by atoms with Crippen LogP contribution in [0.3, 0.4) is 0 Å². The Kier molecular flexibility index (Phi) is 5.34. The molecule has 3 heterocycles. The van der Waals surface area contributed by atoms with Crippen LogP contribution in [0.1, 0.15) is 34.1 Å². The third-order valence-electron chi connectivity index (χ3n) is 5.44. The molecule has 1 aromatic rings. The van der Waals surface area contributed by atoms with Gasteiger partial charge in [0.05, 0.1) is 17.8 Å². The highest BCUT2D eigenvalue weighted by Gasteiger charge is 2.51. The molecule has 0 saturated carbocycles. The van der Waals surface area contributed by atoms with Crippen molar-refractivity contribution >= 4 is 12.6 Å². The van der Waals surface area contributed by atoms with Gasteiger partial charge in [-0.25, -0.2) is 9.97 Å². The lowest BCUT2D eigenvalue weighted by atomic mass is 9.81. The number of hydrogen-bond donors (Lipinski definition) is 1. The predicted octanol–water partition coefficient (Wildman–Crippen LogP) is 0.435. The Morgan fingerprint density at radius 3 is 2.48 bits per heavy atom. The van der Waals surface area contributed by atoms with Gasteiger partial charge in [0.25, 0.3) is 0 Å². The number of nitrogens with zero attached hydrogens (tertiary/aromatic N) is 3. The standard InChI is InChI=1S/C17H29BN4O3/c1-16(2)17(3,4)25-18(24-16)14-9-20-15(21-10-14)23-12-13-5-7-22(11-13)8-6-19/h9-10,13H,5-8,11-12,19H2,1-4H3. The van der Waals surface area contributed by atoms with Crippen LogP contribution in [0.25, 0.3) is 0 Å². The SMILES string of the molecule is CC1(C)OB(c2cnc(OCC3CCN(CCN)C3)nc2)OC1(C)C. The second-order valence-electron chi connectivity index (χ2n) is 7.94. The molecular weight excluding hydrogens is 319 g/mol. The van der Waals surface area contributed by atoms with Gasteiger partial charge in [-0.05, 0) is 40.7 Å². The fraction of sp³-hybridized carbons (Fsp3) is 0.765. The second-order valence-corrected chi connectivity index (χ2v) is 7.94. The van der Waals surface area contributed by atoms with Crippen LogP contribution in [-0.4, -0.2) is 66.0 Å². The van der Waals surface area contributed by atoms with Gasteiger partial charge < -0.3 is 24.7 Å². The van der Waals surface area contributed by atoms with Crippen LogP contribution in [0.4, 0.5) is 0 Å². The molecule has 2 saturated heterocycles. The van der Waals surface area contributed by atoms with Crippen molar-refractivity contribution in [2.45, 2.75) is 45.3 Å².